The SMILES string of the molecule is Cn1nccc1NS(=O)(=O)c1ccc(Cl)nc1. The smallest absolute Gasteiger partial charge is 0.264 e. The first-order chi connectivity index (χ1) is 7.99. The molecule has 17 heavy (non-hydrogen) atoms. The lowest BCUT2D eigenvalue weighted by Crippen LogP contribution is -2.15. The highest BCUT2D eigenvalue weighted by atomic mass is 35.5. The fourth-order valence-corrected chi connectivity index (χ4v) is 2.34. The van der Waals surface area contributed by atoms with E-state index in [0.717, 1.165) is 0 Å². The first-order valence-corrected chi connectivity index (χ1v) is 6.47. The molecule has 0 amide bonds. The Hall–Kier alpha value is -1.60. The third kappa shape index (κ3) is 2.56. The van der Waals surface area contributed by atoms with Crippen LogP contribution in [0.5, 0.6) is 0 Å². The number of rotatable bonds is 3. The van der Waals surface area contributed by atoms with Crippen LogP contribution in [0.2, 0.25) is 5.15 Å². The Bertz CT molecular complexity index is 621. The lowest BCUT2D eigenvalue weighted by molar-refractivity contribution is 0.600. The van der Waals surface area contributed by atoms with Crippen molar-refractivity contribution in [3.8, 4) is 0 Å². The van der Waals surface area contributed by atoms with E-state index in [4.69, 9.17) is 11.6 Å². The number of pyridine rings is 1. The Morgan fingerprint density at radius 1 is 1.35 bits per heavy atom. The molecule has 0 aliphatic rings. The van der Waals surface area contributed by atoms with Crippen LogP contribution in [0.25, 0.3) is 0 Å². The van der Waals surface area contributed by atoms with Gasteiger partial charge in [0, 0.05) is 19.3 Å². The molecule has 0 bridgehead atoms. The summed E-state index contributed by atoms with van der Waals surface area (Å²) in [6.45, 7) is 0. The van der Waals surface area contributed by atoms with Gasteiger partial charge in [-0.1, -0.05) is 11.6 Å². The molecule has 0 spiro atoms. The van der Waals surface area contributed by atoms with Gasteiger partial charge in [-0.25, -0.2) is 13.4 Å². The van der Waals surface area contributed by atoms with Crippen LogP contribution in [0.1, 0.15) is 0 Å². The van der Waals surface area contributed by atoms with Crippen molar-refractivity contribution < 1.29 is 8.42 Å². The van der Waals surface area contributed by atoms with Crippen molar-refractivity contribution in [1.82, 2.24) is 14.8 Å². The first-order valence-electron chi connectivity index (χ1n) is 4.61. The molecule has 90 valence electrons. The maximum atomic E-state index is 11.9. The second-order valence-electron chi connectivity index (χ2n) is 3.26. The molecule has 2 heterocycles. The van der Waals surface area contributed by atoms with Gasteiger partial charge >= 0.3 is 0 Å². The average Bonchev–Trinajstić information content (AvgIpc) is 2.64. The van der Waals surface area contributed by atoms with Gasteiger partial charge in [0.1, 0.15) is 15.9 Å². The largest absolute Gasteiger partial charge is 0.264 e. The zero-order valence-electron chi connectivity index (χ0n) is 8.83. The van der Waals surface area contributed by atoms with Gasteiger partial charge in [-0.15, -0.1) is 0 Å². The van der Waals surface area contributed by atoms with Crippen molar-refractivity contribution in [2.75, 3.05) is 4.72 Å². The highest BCUT2D eigenvalue weighted by molar-refractivity contribution is 7.92. The number of hydrogen-bond donors (Lipinski definition) is 1. The lowest BCUT2D eigenvalue weighted by atomic mass is 10.5. The summed E-state index contributed by atoms with van der Waals surface area (Å²) in [5.74, 6) is 0.375. The monoisotopic (exact) mass is 272 g/mol. The van der Waals surface area contributed by atoms with E-state index < -0.39 is 10.0 Å². The number of halogens is 1. The molecule has 0 radical (unpaired) electrons. The number of hydrogen-bond acceptors (Lipinski definition) is 4. The van der Waals surface area contributed by atoms with E-state index in [0.29, 0.717) is 5.82 Å². The molecule has 0 saturated heterocycles. The van der Waals surface area contributed by atoms with Crippen LogP contribution in [0.3, 0.4) is 0 Å². The molecule has 2 aromatic heterocycles. The molecule has 0 saturated carbocycles. The van der Waals surface area contributed by atoms with Gasteiger partial charge in [-0.3, -0.25) is 9.40 Å². The summed E-state index contributed by atoms with van der Waals surface area (Å²) in [6.07, 6.45) is 2.69. The van der Waals surface area contributed by atoms with Crippen molar-refractivity contribution >= 4 is 27.4 Å². The summed E-state index contributed by atoms with van der Waals surface area (Å²) >= 11 is 5.59. The second-order valence-corrected chi connectivity index (χ2v) is 5.33. The Labute approximate surface area is 103 Å². The van der Waals surface area contributed by atoms with E-state index in [9.17, 15) is 8.42 Å². The predicted molar refractivity (Wildman–Crippen MR) is 63.3 cm³/mol. The van der Waals surface area contributed by atoms with Crippen LogP contribution in [0.4, 0.5) is 5.82 Å². The van der Waals surface area contributed by atoms with E-state index in [1.807, 2.05) is 0 Å². The van der Waals surface area contributed by atoms with Crippen LogP contribution >= 0.6 is 11.6 Å². The van der Waals surface area contributed by atoms with Gasteiger partial charge in [0.05, 0.1) is 6.20 Å². The van der Waals surface area contributed by atoms with Crippen LogP contribution in [-0.2, 0) is 17.1 Å². The number of aromatic nitrogens is 3. The van der Waals surface area contributed by atoms with E-state index in [1.54, 1.807) is 13.1 Å². The summed E-state index contributed by atoms with van der Waals surface area (Å²) in [4.78, 5) is 3.77. The molecule has 2 aromatic rings. The number of aryl methyl sites for hydroxylation is 1. The number of anilines is 1. The minimum absolute atomic E-state index is 0.0445. The number of nitrogens with one attached hydrogen (secondary N) is 1. The van der Waals surface area contributed by atoms with E-state index >= 15 is 0 Å². The fraction of sp³-hybridized carbons (Fsp3) is 0.111. The standard InChI is InChI=1S/C9H9ClN4O2S/c1-14-9(4-5-12-14)13-17(15,16)7-2-3-8(10)11-6-7/h2-6,13H,1H3. The first kappa shape index (κ1) is 11.9. The van der Waals surface area contributed by atoms with Gasteiger partial charge in [0.25, 0.3) is 10.0 Å². The highest BCUT2D eigenvalue weighted by Crippen LogP contribution is 2.15. The van der Waals surface area contributed by atoms with Gasteiger partial charge < -0.3 is 0 Å². The molecule has 8 heteroatoms. The minimum Gasteiger partial charge on any atom is -0.264 e. The molecular weight excluding hydrogens is 264 g/mol. The molecule has 1 N–H and O–H groups in total. The van der Waals surface area contributed by atoms with Gasteiger partial charge in [0.15, 0.2) is 0 Å². The third-order valence-electron chi connectivity index (χ3n) is 2.07. The predicted octanol–water partition coefficient (Wildman–Crippen LogP) is 1.27. The maximum absolute atomic E-state index is 11.9. The van der Waals surface area contributed by atoms with Crippen LogP contribution in [0, 0.1) is 0 Å². The molecule has 0 fully saturated rings. The molecule has 0 atom stereocenters. The summed E-state index contributed by atoms with van der Waals surface area (Å²) in [5.41, 5.74) is 0. The van der Waals surface area contributed by atoms with Crippen molar-refractivity contribution in [3.05, 3.63) is 35.7 Å². The average molecular weight is 273 g/mol. The van der Waals surface area contributed by atoms with Crippen molar-refractivity contribution in [1.29, 1.82) is 0 Å². The van der Waals surface area contributed by atoms with Gasteiger partial charge in [-0.05, 0) is 12.1 Å². The fourth-order valence-electron chi connectivity index (χ4n) is 1.19. The summed E-state index contributed by atoms with van der Waals surface area (Å²) in [5, 5.41) is 4.10. The molecule has 6 nitrogen and oxygen atoms in total. The normalized spacial score (nSPS) is 11.4. The Kier molecular flexibility index (Phi) is 3.03. The zero-order valence-corrected chi connectivity index (χ0v) is 10.4. The van der Waals surface area contributed by atoms with Crippen LogP contribution < -0.4 is 4.72 Å². The lowest BCUT2D eigenvalue weighted by Gasteiger charge is -2.07. The van der Waals surface area contributed by atoms with Crippen molar-refractivity contribution in [2.24, 2.45) is 7.05 Å². The number of sulfonamides is 1. The molecule has 2 rings (SSSR count). The molecule has 0 aliphatic carbocycles. The minimum atomic E-state index is -3.65. The van der Waals surface area contributed by atoms with Crippen LogP contribution in [-0.4, -0.2) is 23.2 Å². The molecular formula is C9H9ClN4O2S. The highest BCUT2D eigenvalue weighted by Gasteiger charge is 2.15. The maximum Gasteiger partial charge on any atom is 0.264 e. The van der Waals surface area contributed by atoms with Crippen LogP contribution in [0.15, 0.2) is 35.5 Å². The Morgan fingerprint density at radius 3 is 2.65 bits per heavy atom. The topological polar surface area (TPSA) is 76.9 Å². The van der Waals surface area contributed by atoms with Crippen molar-refractivity contribution in [2.45, 2.75) is 4.90 Å². The Morgan fingerprint density at radius 2 is 2.12 bits per heavy atom. The van der Waals surface area contributed by atoms with Crippen molar-refractivity contribution in [3.63, 3.8) is 0 Å². The molecule has 0 unspecified atom stereocenters. The number of nitrogens with zero attached hydrogens (tertiary/aromatic N) is 3. The van der Waals surface area contributed by atoms with E-state index in [1.165, 1.54) is 29.2 Å². The van der Waals surface area contributed by atoms with E-state index in [2.05, 4.69) is 14.8 Å². The quantitative estimate of drug-likeness (QED) is 0.854. The summed E-state index contributed by atoms with van der Waals surface area (Å²) in [6, 6.07) is 4.36. The Balaban J connectivity index is 2.31. The zero-order chi connectivity index (χ0) is 12.5. The molecule has 0 aromatic carbocycles. The summed E-state index contributed by atoms with van der Waals surface area (Å²) in [7, 11) is -2.02. The molecule has 0 aliphatic heterocycles. The van der Waals surface area contributed by atoms with Gasteiger partial charge in [-0.2, -0.15) is 5.10 Å². The third-order valence-corrected chi connectivity index (χ3v) is 3.63. The van der Waals surface area contributed by atoms with E-state index in [-0.39, 0.29) is 10.0 Å². The second kappa shape index (κ2) is 4.34. The summed E-state index contributed by atoms with van der Waals surface area (Å²) < 4.78 is 27.7. The van der Waals surface area contributed by atoms with Gasteiger partial charge in [0.2, 0.25) is 0 Å².